The summed E-state index contributed by atoms with van der Waals surface area (Å²) in [5.41, 5.74) is 10.4. The highest BCUT2D eigenvalue weighted by Crippen LogP contribution is 2.33. The highest BCUT2D eigenvalue weighted by molar-refractivity contribution is 5.23. The monoisotopic (exact) mass is 256 g/mol. The summed E-state index contributed by atoms with van der Waals surface area (Å²) < 4.78 is 6.65. The van der Waals surface area contributed by atoms with E-state index in [1.54, 1.807) is 0 Å². The maximum atomic E-state index is 11.7. The molecule has 1 aliphatic heterocycles. The van der Waals surface area contributed by atoms with Gasteiger partial charge in [-0.05, 0) is 6.07 Å². The third-order valence-corrected chi connectivity index (χ3v) is 3.08. The standard InChI is InChI=1S/C10H16N4O4/c11-3-5-8(16)6(4-15)18-9(5)14-2-1-7(12)13-10(14)17/h1-2,5-6,8-9,15-16H,3-4,11H2,(H2,12,13,17)/t5-,6-,8+,9-/m1/s1. The van der Waals surface area contributed by atoms with E-state index in [0.29, 0.717) is 0 Å². The molecular weight excluding hydrogens is 240 g/mol. The second-order valence-corrected chi connectivity index (χ2v) is 4.18. The Kier molecular flexibility index (Phi) is 3.62. The van der Waals surface area contributed by atoms with Crippen molar-refractivity contribution in [2.45, 2.75) is 18.4 Å². The number of hydrogen-bond donors (Lipinski definition) is 4. The average Bonchev–Trinajstić information content (AvgIpc) is 2.65. The third-order valence-electron chi connectivity index (χ3n) is 3.08. The number of anilines is 1. The van der Waals surface area contributed by atoms with Crippen LogP contribution in [-0.4, -0.2) is 45.1 Å². The predicted octanol–water partition coefficient (Wildman–Crippen LogP) is -2.35. The maximum absolute atomic E-state index is 11.7. The van der Waals surface area contributed by atoms with Crippen LogP contribution in [0.4, 0.5) is 5.82 Å². The first kappa shape index (κ1) is 13.0. The molecule has 1 aliphatic rings. The molecule has 0 amide bonds. The molecule has 4 atom stereocenters. The fourth-order valence-corrected chi connectivity index (χ4v) is 2.10. The number of nitrogen functional groups attached to an aromatic ring is 1. The van der Waals surface area contributed by atoms with E-state index in [1.165, 1.54) is 16.8 Å². The van der Waals surface area contributed by atoms with Gasteiger partial charge in [0, 0.05) is 18.7 Å². The van der Waals surface area contributed by atoms with E-state index in [4.69, 9.17) is 21.3 Å². The van der Waals surface area contributed by atoms with Gasteiger partial charge in [-0.2, -0.15) is 4.98 Å². The Bertz CT molecular complexity index is 477. The van der Waals surface area contributed by atoms with Crippen molar-refractivity contribution in [3.63, 3.8) is 0 Å². The van der Waals surface area contributed by atoms with Crippen molar-refractivity contribution in [3.8, 4) is 0 Å². The zero-order valence-electron chi connectivity index (χ0n) is 9.64. The molecule has 1 fully saturated rings. The lowest BCUT2D eigenvalue weighted by atomic mass is 10.00. The molecule has 0 saturated carbocycles. The van der Waals surface area contributed by atoms with Gasteiger partial charge in [0.25, 0.3) is 0 Å². The van der Waals surface area contributed by atoms with E-state index in [1.807, 2.05) is 0 Å². The number of rotatable bonds is 3. The predicted molar refractivity (Wildman–Crippen MR) is 62.5 cm³/mol. The summed E-state index contributed by atoms with van der Waals surface area (Å²) in [7, 11) is 0. The zero-order chi connectivity index (χ0) is 13.3. The summed E-state index contributed by atoms with van der Waals surface area (Å²) in [6, 6.07) is 1.46. The van der Waals surface area contributed by atoms with Crippen LogP contribution in [0.3, 0.4) is 0 Å². The van der Waals surface area contributed by atoms with Crippen LogP contribution in [-0.2, 0) is 4.74 Å². The van der Waals surface area contributed by atoms with Gasteiger partial charge < -0.3 is 26.4 Å². The minimum Gasteiger partial charge on any atom is -0.394 e. The van der Waals surface area contributed by atoms with E-state index >= 15 is 0 Å². The quantitative estimate of drug-likeness (QED) is 0.475. The maximum Gasteiger partial charge on any atom is 0.351 e. The van der Waals surface area contributed by atoms with Crippen molar-refractivity contribution in [2.75, 3.05) is 18.9 Å². The van der Waals surface area contributed by atoms with Crippen LogP contribution in [0.5, 0.6) is 0 Å². The van der Waals surface area contributed by atoms with Crippen molar-refractivity contribution < 1.29 is 14.9 Å². The van der Waals surface area contributed by atoms with E-state index in [-0.39, 0.29) is 19.0 Å². The average molecular weight is 256 g/mol. The first-order valence-electron chi connectivity index (χ1n) is 5.57. The molecule has 0 radical (unpaired) electrons. The Hall–Kier alpha value is -1.48. The minimum absolute atomic E-state index is 0.109. The van der Waals surface area contributed by atoms with Crippen molar-refractivity contribution in [1.29, 1.82) is 0 Å². The first-order chi connectivity index (χ1) is 8.58. The number of aliphatic hydroxyl groups excluding tert-OH is 2. The van der Waals surface area contributed by atoms with Crippen LogP contribution in [0.15, 0.2) is 17.1 Å². The molecule has 0 aromatic carbocycles. The lowest BCUT2D eigenvalue weighted by molar-refractivity contribution is -0.0478. The molecule has 0 spiro atoms. The fourth-order valence-electron chi connectivity index (χ4n) is 2.10. The van der Waals surface area contributed by atoms with Crippen molar-refractivity contribution in [1.82, 2.24) is 9.55 Å². The second-order valence-electron chi connectivity index (χ2n) is 4.18. The molecular formula is C10H16N4O4. The summed E-state index contributed by atoms with van der Waals surface area (Å²) in [6.45, 7) is -0.218. The molecule has 1 aromatic rings. The smallest absolute Gasteiger partial charge is 0.351 e. The Morgan fingerprint density at radius 2 is 2.28 bits per heavy atom. The summed E-state index contributed by atoms with van der Waals surface area (Å²) in [6.07, 6.45) is -0.991. The van der Waals surface area contributed by atoms with Crippen molar-refractivity contribution in [3.05, 3.63) is 22.7 Å². The SMILES string of the molecule is NC[C@@H]1[C@H](O)[C@@H](CO)O[C@H]1n1ccc(N)nc1=O. The molecule has 0 aliphatic carbocycles. The Labute approximate surface area is 103 Å². The molecule has 2 heterocycles. The second kappa shape index (κ2) is 5.02. The van der Waals surface area contributed by atoms with Gasteiger partial charge in [0.15, 0.2) is 0 Å². The Balaban J connectivity index is 2.35. The Morgan fingerprint density at radius 3 is 2.83 bits per heavy atom. The number of nitrogens with zero attached hydrogens (tertiary/aromatic N) is 2. The molecule has 1 aromatic heterocycles. The van der Waals surface area contributed by atoms with E-state index < -0.39 is 30.0 Å². The van der Waals surface area contributed by atoms with Gasteiger partial charge in [-0.3, -0.25) is 4.57 Å². The number of nitrogens with two attached hydrogens (primary N) is 2. The number of aliphatic hydroxyl groups is 2. The highest BCUT2D eigenvalue weighted by atomic mass is 16.5. The van der Waals surface area contributed by atoms with E-state index in [0.717, 1.165) is 0 Å². The van der Waals surface area contributed by atoms with Crippen molar-refractivity contribution >= 4 is 5.82 Å². The lowest BCUT2D eigenvalue weighted by Crippen LogP contribution is -2.36. The summed E-state index contributed by atoms with van der Waals surface area (Å²) in [4.78, 5) is 15.3. The van der Waals surface area contributed by atoms with Crippen LogP contribution >= 0.6 is 0 Å². The number of ether oxygens (including phenoxy) is 1. The van der Waals surface area contributed by atoms with Crippen LogP contribution in [0.1, 0.15) is 6.23 Å². The van der Waals surface area contributed by atoms with E-state index in [9.17, 15) is 9.90 Å². The van der Waals surface area contributed by atoms with Crippen LogP contribution < -0.4 is 17.2 Å². The Morgan fingerprint density at radius 1 is 1.56 bits per heavy atom. The molecule has 0 bridgehead atoms. The van der Waals surface area contributed by atoms with Gasteiger partial charge in [-0.1, -0.05) is 0 Å². The molecule has 1 saturated heterocycles. The van der Waals surface area contributed by atoms with Gasteiger partial charge in [-0.25, -0.2) is 4.79 Å². The van der Waals surface area contributed by atoms with Crippen LogP contribution in [0.25, 0.3) is 0 Å². The molecule has 6 N–H and O–H groups in total. The lowest BCUT2D eigenvalue weighted by Gasteiger charge is -2.19. The normalized spacial score (nSPS) is 31.7. The van der Waals surface area contributed by atoms with Gasteiger partial charge in [0.1, 0.15) is 18.1 Å². The largest absolute Gasteiger partial charge is 0.394 e. The fraction of sp³-hybridized carbons (Fsp3) is 0.600. The van der Waals surface area contributed by atoms with Gasteiger partial charge in [-0.15, -0.1) is 0 Å². The highest BCUT2D eigenvalue weighted by Gasteiger charge is 2.43. The van der Waals surface area contributed by atoms with Crippen LogP contribution in [0.2, 0.25) is 0 Å². The zero-order valence-corrected chi connectivity index (χ0v) is 9.64. The molecule has 8 nitrogen and oxygen atoms in total. The van der Waals surface area contributed by atoms with Gasteiger partial charge in [0.2, 0.25) is 0 Å². The van der Waals surface area contributed by atoms with Gasteiger partial charge in [0.05, 0.1) is 12.7 Å². The topological polar surface area (TPSA) is 137 Å². The van der Waals surface area contributed by atoms with Crippen LogP contribution in [0, 0.1) is 5.92 Å². The van der Waals surface area contributed by atoms with Crippen molar-refractivity contribution in [2.24, 2.45) is 11.7 Å². The molecule has 2 rings (SSSR count). The first-order valence-corrected chi connectivity index (χ1v) is 5.57. The number of hydrogen-bond acceptors (Lipinski definition) is 7. The third kappa shape index (κ3) is 2.10. The van der Waals surface area contributed by atoms with E-state index in [2.05, 4.69) is 4.98 Å². The summed E-state index contributed by atoms with van der Waals surface area (Å²) in [5, 5.41) is 19.0. The molecule has 0 unspecified atom stereocenters. The molecule has 8 heteroatoms. The molecule has 18 heavy (non-hydrogen) atoms. The number of aromatic nitrogens is 2. The van der Waals surface area contributed by atoms with Gasteiger partial charge >= 0.3 is 5.69 Å². The summed E-state index contributed by atoms with van der Waals surface area (Å²) >= 11 is 0. The molecule has 100 valence electrons. The minimum atomic E-state index is -0.922. The summed E-state index contributed by atoms with van der Waals surface area (Å²) in [5.74, 6) is -0.372.